The van der Waals surface area contributed by atoms with Gasteiger partial charge in [-0.2, -0.15) is 0 Å². The zero-order valence-electron chi connectivity index (χ0n) is 64.6. The van der Waals surface area contributed by atoms with Gasteiger partial charge in [-0.15, -0.1) is 0 Å². The van der Waals surface area contributed by atoms with E-state index in [0.717, 1.165) is 95.8 Å². The molecule has 2 unspecified atom stereocenters. The van der Waals surface area contributed by atoms with Crippen LogP contribution < -0.4 is 0 Å². The molecule has 19 heteroatoms. The van der Waals surface area contributed by atoms with Crippen LogP contribution in [0.15, 0.2) is 0 Å². The van der Waals surface area contributed by atoms with E-state index >= 15 is 0 Å². The van der Waals surface area contributed by atoms with Crippen LogP contribution in [-0.4, -0.2) is 96.7 Å². The fourth-order valence-electron chi connectivity index (χ4n) is 12.4. The number of esters is 4. The summed E-state index contributed by atoms with van der Waals surface area (Å²) in [4.78, 5) is 73.0. The third-order valence-electron chi connectivity index (χ3n) is 18.8. The summed E-state index contributed by atoms with van der Waals surface area (Å²) in [6.45, 7) is 7.34. The van der Waals surface area contributed by atoms with Gasteiger partial charge in [0.2, 0.25) is 0 Å². The number of aliphatic hydroxyl groups excluding tert-OH is 1. The molecule has 0 spiro atoms. The van der Waals surface area contributed by atoms with E-state index in [2.05, 4.69) is 34.6 Å². The molecule has 0 heterocycles. The normalized spacial score (nSPS) is 13.9. The molecular formula is C80H156O17P2. The number of rotatable bonds is 80. The van der Waals surface area contributed by atoms with Gasteiger partial charge in [-0.25, -0.2) is 9.13 Å². The average Bonchev–Trinajstić information content (AvgIpc) is 1.08. The molecule has 0 aliphatic heterocycles. The highest BCUT2D eigenvalue weighted by Gasteiger charge is 2.30. The second-order valence-electron chi connectivity index (χ2n) is 29.3. The number of phosphoric acid groups is 2. The summed E-state index contributed by atoms with van der Waals surface area (Å²) in [5.74, 6) is -1.31. The molecule has 0 aliphatic carbocycles. The lowest BCUT2D eigenvalue weighted by molar-refractivity contribution is -0.161. The SMILES string of the molecule is CCCCCCCCCCCCCCCCCCCC(=O)O[C@H](COC(=O)CCCCCCCCCCCCCCCC(C)C)COP(=O)(O)OC[C@@H](O)COP(=O)(O)OC[C@@H](COC(=O)CCCCCCCCCCCC)OC(=O)CCCCCCCCCCCCCCCCCC. The number of unbranched alkanes of at least 4 members (excludes halogenated alkanes) is 52. The van der Waals surface area contributed by atoms with E-state index in [-0.39, 0.29) is 25.7 Å². The Kier molecular flexibility index (Phi) is 71.6. The maximum absolute atomic E-state index is 13.1. The Balaban J connectivity index is 5.24. The van der Waals surface area contributed by atoms with Gasteiger partial charge < -0.3 is 33.8 Å². The lowest BCUT2D eigenvalue weighted by Crippen LogP contribution is -2.30. The van der Waals surface area contributed by atoms with Gasteiger partial charge in [-0.1, -0.05) is 375 Å². The largest absolute Gasteiger partial charge is 0.472 e. The second kappa shape index (κ2) is 73.0. The minimum absolute atomic E-state index is 0.109. The van der Waals surface area contributed by atoms with Gasteiger partial charge in [0.15, 0.2) is 12.2 Å². The van der Waals surface area contributed by atoms with Crippen LogP contribution in [0.3, 0.4) is 0 Å². The number of carbonyl (C=O) groups is 4. The molecule has 0 amide bonds. The molecule has 0 aliphatic rings. The maximum Gasteiger partial charge on any atom is 0.472 e. The van der Waals surface area contributed by atoms with E-state index < -0.39 is 97.5 Å². The van der Waals surface area contributed by atoms with Crippen LogP contribution in [0.25, 0.3) is 0 Å². The fourth-order valence-corrected chi connectivity index (χ4v) is 14.0. The Hall–Kier alpha value is -1.94. The topological polar surface area (TPSA) is 237 Å². The summed E-state index contributed by atoms with van der Waals surface area (Å²) < 4.78 is 68.7. The Bertz CT molecular complexity index is 1890. The average molecular weight is 1450 g/mol. The summed E-state index contributed by atoms with van der Waals surface area (Å²) in [6.07, 6.45) is 63.7. The summed E-state index contributed by atoms with van der Waals surface area (Å²) in [5.41, 5.74) is 0. The molecule has 0 bridgehead atoms. The molecule has 3 N–H and O–H groups in total. The van der Waals surface area contributed by atoms with Crippen molar-refractivity contribution in [3.05, 3.63) is 0 Å². The predicted octanol–water partition coefficient (Wildman–Crippen LogP) is 24.0. The predicted molar refractivity (Wildman–Crippen MR) is 405 cm³/mol. The third-order valence-corrected chi connectivity index (χ3v) is 20.7. The van der Waals surface area contributed by atoms with Gasteiger partial charge >= 0.3 is 39.5 Å². The number of ether oxygens (including phenoxy) is 4. The first-order chi connectivity index (χ1) is 48.0. The Morgan fingerprint density at radius 3 is 0.687 bits per heavy atom. The molecule has 0 saturated heterocycles. The van der Waals surface area contributed by atoms with Gasteiger partial charge in [0.1, 0.15) is 19.3 Å². The highest BCUT2D eigenvalue weighted by atomic mass is 31.2. The minimum atomic E-state index is -4.96. The molecule has 17 nitrogen and oxygen atoms in total. The van der Waals surface area contributed by atoms with Crippen molar-refractivity contribution in [2.75, 3.05) is 39.6 Å². The summed E-state index contributed by atoms with van der Waals surface area (Å²) in [5, 5.41) is 10.6. The van der Waals surface area contributed by atoms with Crippen LogP contribution in [-0.2, 0) is 65.4 Å². The summed E-state index contributed by atoms with van der Waals surface area (Å²) >= 11 is 0. The molecule has 0 aromatic carbocycles. The maximum atomic E-state index is 13.1. The molecule has 0 fully saturated rings. The number of hydrogen-bond donors (Lipinski definition) is 3. The van der Waals surface area contributed by atoms with Crippen LogP contribution in [0.1, 0.15) is 426 Å². The number of carbonyl (C=O) groups excluding carboxylic acids is 4. The molecule has 0 saturated carbocycles. The first-order valence-corrected chi connectivity index (χ1v) is 44.6. The molecule has 0 aromatic rings. The lowest BCUT2D eigenvalue weighted by atomic mass is 10.0. The van der Waals surface area contributed by atoms with Crippen molar-refractivity contribution in [3.8, 4) is 0 Å². The third kappa shape index (κ3) is 74.1. The molecule has 0 aromatic heterocycles. The first kappa shape index (κ1) is 97.1. The quantitative estimate of drug-likeness (QED) is 0.0222. The van der Waals surface area contributed by atoms with E-state index in [1.165, 1.54) is 250 Å². The van der Waals surface area contributed by atoms with Crippen molar-refractivity contribution >= 4 is 39.5 Å². The number of aliphatic hydroxyl groups is 1. The standard InChI is InChI=1S/C80H156O17P2/c1-6-9-12-15-18-21-24-26-28-30-32-36-41-46-51-56-61-66-80(85)97-76(70-91-78(83)64-59-54-49-44-39-37-33-34-38-42-47-52-57-62-73(4)5)72-95-99(88,89)93-68-74(81)67-92-98(86,87)94-71-75(69-90-77(82)63-58-53-48-43-23-20-17-14-11-8-3)96-79(84)65-60-55-50-45-40-35-31-29-27-25-22-19-16-13-10-7-2/h73-76,81H,6-72H2,1-5H3,(H,86,87)(H,88,89)/t74-,75+,76+/m0/s1. The van der Waals surface area contributed by atoms with E-state index in [4.69, 9.17) is 37.0 Å². The van der Waals surface area contributed by atoms with Crippen molar-refractivity contribution in [1.82, 2.24) is 0 Å². The second-order valence-corrected chi connectivity index (χ2v) is 32.2. The Labute approximate surface area is 607 Å². The van der Waals surface area contributed by atoms with Crippen molar-refractivity contribution in [1.29, 1.82) is 0 Å². The monoisotopic (exact) mass is 1450 g/mol. The van der Waals surface area contributed by atoms with E-state index in [9.17, 15) is 43.2 Å². The number of hydrogen-bond acceptors (Lipinski definition) is 15. The highest BCUT2D eigenvalue weighted by Crippen LogP contribution is 2.45. The molecule has 588 valence electrons. The van der Waals surface area contributed by atoms with E-state index in [1.807, 2.05) is 0 Å². The minimum Gasteiger partial charge on any atom is -0.462 e. The molecule has 0 rings (SSSR count). The van der Waals surface area contributed by atoms with Crippen molar-refractivity contribution in [2.45, 2.75) is 445 Å². The highest BCUT2D eigenvalue weighted by molar-refractivity contribution is 7.47. The molecule has 0 radical (unpaired) electrons. The molecule has 99 heavy (non-hydrogen) atoms. The van der Waals surface area contributed by atoms with Crippen LogP contribution in [0.2, 0.25) is 0 Å². The Morgan fingerprint density at radius 2 is 0.465 bits per heavy atom. The number of phosphoric ester groups is 2. The van der Waals surface area contributed by atoms with E-state index in [1.54, 1.807) is 0 Å². The van der Waals surface area contributed by atoms with Crippen LogP contribution in [0, 0.1) is 5.92 Å². The fraction of sp³-hybridized carbons (Fsp3) is 0.950. The van der Waals surface area contributed by atoms with Gasteiger partial charge in [0.05, 0.1) is 26.4 Å². The van der Waals surface area contributed by atoms with Gasteiger partial charge in [0, 0.05) is 25.7 Å². The van der Waals surface area contributed by atoms with Gasteiger partial charge in [0.25, 0.3) is 0 Å². The van der Waals surface area contributed by atoms with Gasteiger partial charge in [-0.3, -0.25) is 37.3 Å². The van der Waals surface area contributed by atoms with Crippen molar-refractivity contribution in [2.24, 2.45) is 5.92 Å². The summed E-state index contributed by atoms with van der Waals surface area (Å²) in [6, 6.07) is 0. The van der Waals surface area contributed by atoms with Crippen molar-refractivity contribution in [3.63, 3.8) is 0 Å². The van der Waals surface area contributed by atoms with Gasteiger partial charge in [-0.05, 0) is 31.6 Å². The zero-order valence-corrected chi connectivity index (χ0v) is 66.4. The first-order valence-electron chi connectivity index (χ1n) is 41.6. The molecular weight excluding hydrogens is 1290 g/mol. The summed E-state index contributed by atoms with van der Waals surface area (Å²) in [7, 11) is -9.92. The van der Waals surface area contributed by atoms with Crippen molar-refractivity contribution < 1.29 is 80.2 Å². The van der Waals surface area contributed by atoms with Crippen LogP contribution in [0.5, 0.6) is 0 Å². The van der Waals surface area contributed by atoms with Crippen LogP contribution >= 0.6 is 15.6 Å². The lowest BCUT2D eigenvalue weighted by Gasteiger charge is -2.21. The van der Waals surface area contributed by atoms with E-state index in [0.29, 0.717) is 25.7 Å². The zero-order chi connectivity index (χ0) is 72.7. The molecule has 5 atom stereocenters. The van der Waals surface area contributed by atoms with Crippen LogP contribution in [0.4, 0.5) is 0 Å². The Morgan fingerprint density at radius 1 is 0.273 bits per heavy atom. The smallest absolute Gasteiger partial charge is 0.462 e.